The summed E-state index contributed by atoms with van der Waals surface area (Å²) in [7, 11) is 0. The van der Waals surface area contributed by atoms with Gasteiger partial charge in [0.1, 0.15) is 0 Å². The Labute approximate surface area is 196 Å². The molecule has 28 heavy (non-hydrogen) atoms. The van der Waals surface area contributed by atoms with Crippen LogP contribution in [0.2, 0.25) is 0 Å². The summed E-state index contributed by atoms with van der Waals surface area (Å²) < 4.78 is 0. The SMILES string of the molecule is CC.CC.[CH2-]CN(C[CH2-])CCc1cc(-c2ccncc2)nc2ccccc12.[Y]. The second-order valence-corrected chi connectivity index (χ2v) is 5.51. The van der Waals surface area contributed by atoms with Crippen LogP contribution in [0.25, 0.3) is 22.2 Å². The van der Waals surface area contributed by atoms with E-state index in [4.69, 9.17) is 4.98 Å². The third-order valence-electron chi connectivity index (χ3n) is 4.11. The third-order valence-corrected chi connectivity index (χ3v) is 4.11. The zero-order valence-electron chi connectivity index (χ0n) is 17.9. The molecule has 0 N–H and O–H groups in total. The molecule has 0 amide bonds. The normalized spacial score (nSPS) is 9.68. The molecule has 0 aliphatic carbocycles. The summed E-state index contributed by atoms with van der Waals surface area (Å²) in [6, 6.07) is 14.5. The van der Waals surface area contributed by atoms with Crippen LogP contribution in [0.3, 0.4) is 0 Å². The number of para-hydroxylation sites is 1. The first-order valence-corrected chi connectivity index (χ1v) is 9.91. The van der Waals surface area contributed by atoms with E-state index in [1.54, 1.807) is 12.4 Å². The van der Waals surface area contributed by atoms with E-state index in [9.17, 15) is 0 Å². The maximum Gasteiger partial charge on any atom is 0.0713 e. The van der Waals surface area contributed by atoms with Crippen LogP contribution in [0.5, 0.6) is 0 Å². The first kappa shape index (κ1) is 26.8. The van der Waals surface area contributed by atoms with E-state index in [0.717, 1.165) is 42.8 Å². The Morgan fingerprint density at radius 1 is 0.893 bits per heavy atom. The topological polar surface area (TPSA) is 29.0 Å². The maximum absolute atomic E-state index is 4.81. The smallest absolute Gasteiger partial charge is 0.0713 e. The van der Waals surface area contributed by atoms with Crippen LogP contribution < -0.4 is 0 Å². The summed E-state index contributed by atoms with van der Waals surface area (Å²) in [5, 5.41) is 1.22. The molecule has 0 aliphatic rings. The maximum atomic E-state index is 4.81. The van der Waals surface area contributed by atoms with Gasteiger partial charge in [0.15, 0.2) is 0 Å². The fourth-order valence-electron chi connectivity index (χ4n) is 2.74. The van der Waals surface area contributed by atoms with Crippen molar-refractivity contribution in [3.05, 3.63) is 74.3 Å². The van der Waals surface area contributed by atoms with Crippen molar-refractivity contribution in [2.75, 3.05) is 19.6 Å². The molecule has 0 bridgehead atoms. The van der Waals surface area contributed by atoms with Gasteiger partial charge in [-0.25, -0.2) is 4.98 Å². The second kappa shape index (κ2) is 15.7. The Kier molecular flexibility index (Phi) is 15.1. The van der Waals surface area contributed by atoms with E-state index in [-0.39, 0.29) is 32.7 Å². The molecule has 1 aromatic carbocycles. The van der Waals surface area contributed by atoms with Crippen molar-refractivity contribution in [1.29, 1.82) is 0 Å². The van der Waals surface area contributed by atoms with Gasteiger partial charge < -0.3 is 18.7 Å². The van der Waals surface area contributed by atoms with Crippen LogP contribution in [0.1, 0.15) is 33.3 Å². The van der Waals surface area contributed by atoms with Gasteiger partial charge in [0.2, 0.25) is 0 Å². The van der Waals surface area contributed by atoms with Crippen molar-refractivity contribution in [1.82, 2.24) is 14.9 Å². The minimum absolute atomic E-state index is 0. The average Bonchev–Trinajstić information content (AvgIpc) is 2.77. The predicted molar refractivity (Wildman–Crippen MR) is 119 cm³/mol. The van der Waals surface area contributed by atoms with Crippen molar-refractivity contribution < 1.29 is 32.7 Å². The number of aromatic nitrogens is 2. The zero-order valence-corrected chi connectivity index (χ0v) is 20.7. The van der Waals surface area contributed by atoms with Gasteiger partial charge in [0.05, 0.1) is 11.2 Å². The predicted octanol–water partition coefficient (Wildman–Crippen LogP) is 5.86. The van der Waals surface area contributed by atoms with Gasteiger partial charge in [0.25, 0.3) is 0 Å². The molecule has 0 saturated heterocycles. The second-order valence-electron chi connectivity index (χ2n) is 5.51. The molecule has 149 valence electrons. The molecule has 4 heteroatoms. The summed E-state index contributed by atoms with van der Waals surface area (Å²) in [6.45, 7) is 18.4. The fourth-order valence-corrected chi connectivity index (χ4v) is 2.74. The van der Waals surface area contributed by atoms with Gasteiger partial charge in [-0.3, -0.25) is 4.98 Å². The Morgan fingerprint density at radius 3 is 2.11 bits per heavy atom. The summed E-state index contributed by atoms with van der Waals surface area (Å²) in [5.74, 6) is 0. The Morgan fingerprint density at radius 2 is 1.50 bits per heavy atom. The molecule has 2 aromatic heterocycles. The largest absolute Gasteiger partial charge is 0.362 e. The van der Waals surface area contributed by atoms with E-state index in [1.165, 1.54) is 10.9 Å². The summed E-state index contributed by atoms with van der Waals surface area (Å²) >= 11 is 0. The fraction of sp³-hybridized carbons (Fsp3) is 0.333. The first-order chi connectivity index (χ1) is 13.3. The number of fused-ring (bicyclic) bond motifs is 1. The van der Waals surface area contributed by atoms with E-state index in [2.05, 4.69) is 48.0 Å². The third kappa shape index (κ3) is 7.69. The van der Waals surface area contributed by atoms with Gasteiger partial charge in [-0.15, -0.1) is 13.1 Å². The monoisotopic (exact) mass is 452 g/mol. The van der Waals surface area contributed by atoms with Crippen LogP contribution in [-0.2, 0) is 39.1 Å². The molecule has 0 saturated carbocycles. The van der Waals surface area contributed by atoms with Crippen LogP contribution in [0.4, 0.5) is 0 Å². The summed E-state index contributed by atoms with van der Waals surface area (Å²) in [5.41, 5.74) is 4.44. The van der Waals surface area contributed by atoms with E-state index < -0.39 is 0 Å². The number of nitrogens with zero attached hydrogens (tertiary/aromatic N) is 3. The minimum atomic E-state index is 0. The van der Waals surface area contributed by atoms with Crippen LogP contribution in [-0.4, -0.2) is 34.5 Å². The molecule has 1 radical (unpaired) electrons. The van der Waals surface area contributed by atoms with E-state index >= 15 is 0 Å². The Bertz CT molecular complexity index is 771. The van der Waals surface area contributed by atoms with Crippen molar-refractivity contribution in [2.24, 2.45) is 0 Å². The molecule has 0 aliphatic heterocycles. The molecule has 0 atom stereocenters. The molecule has 3 aromatic rings. The van der Waals surface area contributed by atoms with Crippen molar-refractivity contribution in [3.63, 3.8) is 0 Å². The van der Waals surface area contributed by atoms with E-state index in [0.29, 0.717) is 0 Å². The molecule has 0 unspecified atom stereocenters. The molecule has 3 nitrogen and oxygen atoms in total. The number of rotatable bonds is 6. The molecular weight excluding hydrogens is 419 g/mol. The molecular formula is C24H33N3Y-2. The van der Waals surface area contributed by atoms with Gasteiger partial charge in [0, 0.05) is 56.1 Å². The van der Waals surface area contributed by atoms with E-state index in [1.807, 2.05) is 45.9 Å². The molecule has 2 heterocycles. The van der Waals surface area contributed by atoms with Gasteiger partial charge in [-0.1, -0.05) is 45.9 Å². The number of hydrogen-bond acceptors (Lipinski definition) is 3. The Hall–Kier alpha value is -1.16. The zero-order chi connectivity index (χ0) is 20.1. The van der Waals surface area contributed by atoms with Crippen molar-refractivity contribution >= 4 is 10.9 Å². The van der Waals surface area contributed by atoms with Gasteiger partial charge >= 0.3 is 0 Å². The number of hydrogen-bond donors (Lipinski definition) is 0. The number of pyridine rings is 2. The quantitative estimate of drug-likeness (QED) is 0.439. The molecule has 0 fully saturated rings. The number of benzene rings is 1. The molecule has 3 rings (SSSR count). The van der Waals surface area contributed by atoms with Crippen LogP contribution >= 0.6 is 0 Å². The minimum Gasteiger partial charge on any atom is -0.362 e. The van der Waals surface area contributed by atoms with Crippen LogP contribution in [0.15, 0.2) is 54.9 Å². The summed E-state index contributed by atoms with van der Waals surface area (Å²) in [6.07, 6.45) is 4.57. The first-order valence-electron chi connectivity index (χ1n) is 9.91. The van der Waals surface area contributed by atoms with Gasteiger partial charge in [-0.05, 0) is 42.8 Å². The van der Waals surface area contributed by atoms with Crippen molar-refractivity contribution in [2.45, 2.75) is 34.1 Å². The van der Waals surface area contributed by atoms with Crippen LogP contribution in [0, 0.1) is 13.8 Å². The van der Waals surface area contributed by atoms with Gasteiger partial charge in [-0.2, -0.15) is 0 Å². The molecule has 0 spiro atoms. The summed E-state index contributed by atoms with van der Waals surface area (Å²) in [4.78, 5) is 11.1. The van der Waals surface area contributed by atoms with Crippen molar-refractivity contribution in [3.8, 4) is 11.3 Å². The standard InChI is InChI=1S/C20H21N3.2C2H6.Y/c1-3-23(4-2)14-11-17-15-20(16-9-12-21-13-10-16)22-19-8-6-5-7-18(17)19;2*1-2;/h5-10,12-13,15H,1-4,11,14H2;2*1-2H3;/q-2;;;. The average molecular weight is 452 g/mol. The Balaban J connectivity index is 0.00000137.